The Morgan fingerprint density at radius 1 is 1.21 bits per heavy atom. The number of ketones is 1. The molecule has 33 heavy (non-hydrogen) atoms. The fourth-order valence-corrected chi connectivity index (χ4v) is 4.39. The first-order valence-corrected chi connectivity index (χ1v) is 11.3. The number of likely N-dealkylation sites (tertiary alicyclic amines) is 1. The molecule has 6 nitrogen and oxygen atoms in total. The number of Topliss-reactive ketones (excluding diaryl/α,β-unsaturated/α-hetero) is 1. The average molecular weight is 454 g/mol. The number of amides is 1. The number of hydrogen-bond donors (Lipinski definition) is 1. The quantitative estimate of drug-likeness (QED) is 0.379. The van der Waals surface area contributed by atoms with Gasteiger partial charge in [0.25, 0.3) is 11.7 Å². The van der Waals surface area contributed by atoms with Gasteiger partial charge in [-0.15, -0.1) is 0 Å². The second kappa shape index (κ2) is 9.75. The maximum absolute atomic E-state index is 13.6. The van der Waals surface area contributed by atoms with Gasteiger partial charge in [-0.1, -0.05) is 19.1 Å². The topological polar surface area (TPSA) is 76.1 Å². The van der Waals surface area contributed by atoms with Gasteiger partial charge >= 0.3 is 0 Å². The smallest absolute Gasteiger partial charge is 0.295 e. The zero-order chi connectivity index (χ0) is 23.5. The molecule has 2 fully saturated rings. The van der Waals surface area contributed by atoms with Crippen LogP contribution in [-0.2, 0) is 14.3 Å². The van der Waals surface area contributed by atoms with E-state index in [9.17, 15) is 19.1 Å². The van der Waals surface area contributed by atoms with Crippen molar-refractivity contribution < 1.29 is 28.6 Å². The predicted octanol–water partition coefficient (Wildman–Crippen LogP) is 4.52. The molecule has 7 heteroatoms. The van der Waals surface area contributed by atoms with Crippen molar-refractivity contribution in [1.82, 2.24) is 4.90 Å². The minimum absolute atomic E-state index is 0.00812. The highest BCUT2D eigenvalue weighted by Crippen LogP contribution is 2.40. The highest BCUT2D eigenvalue weighted by Gasteiger charge is 2.47. The van der Waals surface area contributed by atoms with Gasteiger partial charge in [-0.25, -0.2) is 4.39 Å². The third-order valence-electron chi connectivity index (χ3n) is 6.06. The number of carbonyl (C=O) groups excluding carboxylic acids is 2. The molecule has 0 radical (unpaired) electrons. The molecule has 0 bridgehead atoms. The van der Waals surface area contributed by atoms with Crippen LogP contribution in [0, 0.1) is 12.7 Å². The van der Waals surface area contributed by atoms with E-state index in [1.54, 1.807) is 18.2 Å². The fourth-order valence-electron chi connectivity index (χ4n) is 4.39. The minimum Gasteiger partial charge on any atom is -0.507 e. The molecule has 0 aromatic heterocycles. The molecule has 0 spiro atoms. The van der Waals surface area contributed by atoms with Gasteiger partial charge in [0.15, 0.2) is 0 Å². The van der Waals surface area contributed by atoms with Crippen LogP contribution in [0.15, 0.2) is 48.0 Å². The number of rotatable bonds is 7. The van der Waals surface area contributed by atoms with Gasteiger partial charge in [-0.2, -0.15) is 0 Å². The van der Waals surface area contributed by atoms with Crippen LogP contribution in [0.1, 0.15) is 48.9 Å². The number of hydrogen-bond acceptors (Lipinski definition) is 5. The van der Waals surface area contributed by atoms with E-state index in [1.807, 2.05) is 13.8 Å². The Morgan fingerprint density at radius 2 is 1.97 bits per heavy atom. The van der Waals surface area contributed by atoms with Crippen molar-refractivity contribution in [3.8, 4) is 5.75 Å². The zero-order valence-corrected chi connectivity index (χ0v) is 18.8. The molecule has 2 unspecified atom stereocenters. The first kappa shape index (κ1) is 23.0. The lowest BCUT2D eigenvalue weighted by Crippen LogP contribution is -2.36. The van der Waals surface area contributed by atoms with Gasteiger partial charge in [0.05, 0.1) is 24.3 Å². The Kier molecular flexibility index (Phi) is 6.79. The summed E-state index contributed by atoms with van der Waals surface area (Å²) in [6.45, 7) is 5.29. The predicted molar refractivity (Wildman–Crippen MR) is 121 cm³/mol. The summed E-state index contributed by atoms with van der Waals surface area (Å²) >= 11 is 0. The van der Waals surface area contributed by atoms with Crippen molar-refractivity contribution in [2.45, 2.75) is 45.3 Å². The van der Waals surface area contributed by atoms with E-state index in [-0.39, 0.29) is 24.0 Å². The van der Waals surface area contributed by atoms with Crippen molar-refractivity contribution in [1.29, 1.82) is 0 Å². The van der Waals surface area contributed by atoms with Crippen LogP contribution in [-0.4, -0.2) is 47.6 Å². The van der Waals surface area contributed by atoms with Crippen molar-refractivity contribution in [2.24, 2.45) is 0 Å². The summed E-state index contributed by atoms with van der Waals surface area (Å²) in [7, 11) is 0. The second-order valence-electron chi connectivity index (χ2n) is 8.47. The average Bonchev–Trinajstić information content (AvgIpc) is 3.41. The lowest BCUT2D eigenvalue weighted by molar-refractivity contribution is -0.140. The van der Waals surface area contributed by atoms with Gasteiger partial charge < -0.3 is 19.5 Å². The van der Waals surface area contributed by atoms with Gasteiger partial charge in [-0.05, 0) is 67.6 Å². The Hall–Kier alpha value is -3.19. The fraction of sp³-hybridized carbons (Fsp3) is 0.385. The summed E-state index contributed by atoms with van der Waals surface area (Å²) < 4.78 is 25.0. The van der Waals surface area contributed by atoms with Crippen LogP contribution in [0.4, 0.5) is 4.39 Å². The lowest BCUT2D eigenvalue weighted by atomic mass is 9.94. The summed E-state index contributed by atoms with van der Waals surface area (Å²) in [5.74, 6) is -1.44. The van der Waals surface area contributed by atoms with E-state index < -0.39 is 23.5 Å². The molecular weight excluding hydrogens is 425 g/mol. The maximum atomic E-state index is 13.6. The number of aryl methyl sites for hydroxylation is 1. The van der Waals surface area contributed by atoms with E-state index in [0.29, 0.717) is 30.1 Å². The molecule has 2 aromatic carbocycles. The summed E-state index contributed by atoms with van der Waals surface area (Å²) in [5, 5.41) is 11.2. The van der Waals surface area contributed by atoms with Crippen LogP contribution in [0.3, 0.4) is 0 Å². The molecule has 2 aromatic rings. The van der Waals surface area contributed by atoms with Crippen molar-refractivity contribution >= 4 is 17.4 Å². The number of aliphatic hydroxyl groups excluding tert-OH is 1. The Balaban J connectivity index is 1.77. The van der Waals surface area contributed by atoms with E-state index in [2.05, 4.69) is 0 Å². The van der Waals surface area contributed by atoms with Gasteiger partial charge in [-0.3, -0.25) is 9.59 Å². The molecule has 4 rings (SSSR count). The van der Waals surface area contributed by atoms with Gasteiger partial charge in [0, 0.05) is 18.7 Å². The summed E-state index contributed by atoms with van der Waals surface area (Å²) in [5.41, 5.74) is 1.76. The number of carbonyl (C=O) groups is 2. The molecular formula is C26H28FNO5. The van der Waals surface area contributed by atoms with Crippen LogP contribution in [0.2, 0.25) is 0 Å². The Morgan fingerprint density at radius 3 is 2.61 bits per heavy atom. The number of nitrogens with zero attached hydrogens (tertiary/aromatic N) is 1. The number of ether oxygens (including phenoxy) is 2. The third kappa shape index (κ3) is 4.64. The molecule has 0 aliphatic carbocycles. The second-order valence-corrected chi connectivity index (χ2v) is 8.47. The van der Waals surface area contributed by atoms with Crippen molar-refractivity contribution in [2.75, 3.05) is 19.8 Å². The van der Waals surface area contributed by atoms with E-state index in [4.69, 9.17) is 9.47 Å². The molecule has 1 N–H and O–H groups in total. The van der Waals surface area contributed by atoms with Crippen LogP contribution in [0.25, 0.3) is 5.76 Å². The van der Waals surface area contributed by atoms with E-state index in [1.165, 1.54) is 29.2 Å². The van der Waals surface area contributed by atoms with Crippen LogP contribution < -0.4 is 4.74 Å². The summed E-state index contributed by atoms with van der Waals surface area (Å²) in [6.07, 6.45) is 2.37. The van der Waals surface area contributed by atoms with Crippen molar-refractivity contribution in [3.63, 3.8) is 0 Å². The van der Waals surface area contributed by atoms with Crippen molar-refractivity contribution in [3.05, 3.63) is 70.5 Å². The monoisotopic (exact) mass is 453 g/mol. The largest absolute Gasteiger partial charge is 0.507 e. The highest BCUT2D eigenvalue weighted by molar-refractivity contribution is 6.46. The van der Waals surface area contributed by atoms with Crippen LogP contribution >= 0.6 is 0 Å². The summed E-state index contributed by atoms with van der Waals surface area (Å²) in [4.78, 5) is 27.5. The molecule has 174 valence electrons. The number of halogens is 1. The lowest BCUT2D eigenvalue weighted by Gasteiger charge is -2.27. The maximum Gasteiger partial charge on any atom is 0.295 e. The minimum atomic E-state index is -0.828. The molecule has 2 atom stereocenters. The third-order valence-corrected chi connectivity index (χ3v) is 6.06. The number of aliphatic hydroxyl groups is 1. The Labute approximate surface area is 192 Å². The summed E-state index contributed by atoms with van der Waals surface area (Å²) in [6, 6.07) is 9.96. The molecule has 2 aliphatic rings. The van der Waals surface area contributed by atoms with E-state index in [0.717, 1.165) is 24.8 Å². The number of benzene rings is 2. The van der Waals surface area contributed by atoms with Gasteiger partial charge in [0.1, 0.15) is 17.3 Å². The highest BCUT2D eigenvalue weighted by atomic mass is 19.1. The zero-order valence-electron chi connectivity index (χ0n) is 18.8. The normalized spacial score (nSPS) is 22.2. The Bertz CT molecular complexity index is 1070. The first-order chi connectivity index (χ1) is 15.9. The molecule has 2 saturated heterocycles. The molecule has 2 aliphatic heterocycles. The molecule has 1 amide bonds. The van der Waals surface area contributed by atoms with E-state index >= 15 is 0 Å². The first-order valence-electron chi connectivity index (χ1n) is 11.3. The van der Waals surface area contributed by atoms with Crippen LogP contribution in [0.5, 0.6) is 5.75 Å². The van der Waals surface area contributed by atoms with Gasteiger partial charge in [0.2, 0.25) is 0 Å². The molecule has 2 heterocycles. The SMILES string of the molecule is CCCOc1ccc(/C(O)=C2/C(=O)C(=O)N(CC3CCCO3)C2c2ccc(F)cc2)cc1C. The standard InChI is InChI=1S/C26H28FNO5/c1-3-12-33-21-11-8-18(14-16(21)2)24(29)22-23(17-6-9-19(27)10-7-17)28(26(31)25(22)30)15-20-5-4-13-32-20/h6-11,14,20,23,29H,3-5,12-13,15H2,1-2H3/b24-22-. The molecule has 0 saturated carbocycles.